The molecule has 0 bridgehead atoms. The summed E-state index contributed by atoms with van der Waals surface area (Å²) in [7, 11) is 0. The third kappa shape index (κ3) is 2.16. The average molecular weight is 204 g/mol. The molecule has 0 amide bonds. The normalized spacial score (nSPS) is 18.7. The molecular weight excluding hydrogens is 191 g/mol. The summed E-state index contributed by atoms with van der Waals surface area (Å²) >= 11 is 0. The summed E-state index contributed by atoms with van der Waals surface area (Å²) in [4.78, 5) is 2.11. The van der Waals surface area contributed by atoms with Gasteiger partial charge in [-0.2, -0.15) is 5.26 Å². The van der Waals surface area contributed by atoms with Crippen LogP contribution in [0.1, 0.15) is 24.4 Å². The standard InChI is InChI=1S/C12H13FN2/c13-11-5-3-4-10(8-11)12(9-14)15-6-1-2-7-15/h3-5,8,12H,1-2,6-7H2. The van der Waals surface area contributed by atoms with Gasteiger partial charge in [-0.05, 0) is 43.6 Å². The molecular formula is C12H13FN2. The minimum Gasteiger partial charge on any atom is -0.284 e. The molecule has 0 N–H and O–H groups in total. The summed E-state index contributed by atoms with van der Waals surface area (Å²) in [5, 5.41) is 9.12. The number of halogens is 1. The van der Waals surface area contributed by atoms with E-state index in [0.29, 0.717) is 0 Å². The van der Waals surface area contributed by atoms with Crippen molar-refractivity contribution in [3.05, 3.63) is 35.6 Å². The van der Waals surface area contributed by atoms with Crippen molar-refractivity contribution in [2.24, 2.45) is 0 Å². The Kier molecular flexibility index (Phi) is 2.98. The number of hydrogen-bond donors (Lipinski definition) is 0. The number of likely N-dealkylation sites (tertiary alicyclic amines) is 1. The fourth-order valence-electron chi connectivity index (χ4n) is 2.04. The van der Waals surface area contributed by atoms with Crippen LogP contribution in [0.5, 0.6) is 0 Å². The van der Waals surface area contributed by atoms with E-state index in [1.54, 1.807) is 6.07 Å². The predicted octanol–water partition coefficient (Wildman–Crippen LogP) is 2.49. The van der Waals surface area contributed by atoms with Crippen LogP contribution >= 0.6 is 0 Å². The maximum atomic E-state index is 13.0. The first kappa shape index (κ1) is 10.1. The van der Waals surface area contributed by atoms with Gasteiger partial charge in [0, 0.05) is 0 Å². The van der Waals surface area contributed by atoms with E-state index in [4.69, 9.17) is 5.26 Å². The third-order valence-electron chi connectivity index (χ3n) is 2.79. The van der Waals surface area contributed by atoms with Gasteiger partial charge in [-0.25, -0.2) is 4.39 Å². The summed E-state index contributed by atoms with van der Waals surface area (Å²) in [6.45, 7) is 1.88. The number of nitriles is 1. The van der Waals surface area contributed by atoms with Crippen LogP contribution in [-0.2, 0) is 0 Å². The summed E-state index contributed by atoms with van der Waals surface area (Å²) in [5.74, 6) is -0.271. The van der Waals surface area contributed by atoms with E-state index in [1.807, 2.05) is 6.07 Å². The Morgan fingerprint density at radius 3 is 2.67 bits per heavy atom. The first-order valence-electron chi connectivity index (χ1n) is 5.20. The van der Waals surface area contributed by atoms with Crippen molar-refractivity contribution in [2.75, 3.05) is 13.1 Å². The van der Waals surface area contributed by atoms with Gasteiger partial charge in [0.1, 0.15) is 11.9 Å². The van der Waals surface area contributed by atoms with Crippen LogP contribution in [0, 0.1) is 17.1 Å². The summed E-state index contributed by atoms with van der Waals surface area (Å²) in [6, 6.07) is 8.29. The molecule has 3 heteroatoms. The highest BCUT2D eigenvalue weighted by molar-refractivity contribution is 5.25. The molecule has 1 fully saturated rings. The molecule has 1 atom stereocenters. The van der Waals surface area contributed by atoms with Crippen molar-refractivity contribution in [1.29, 1.82) is 5.26 Å². The molecule has 1 aromatic rings. The molecule has 1 heterocycles. The minimum absolute atomic E-state index is 0.271. The van der Waals surface area contributed by atoms with Gasteiger partial charge < -0.3 is 0 Å². The van der Waals surface area contributed by atoms with Gasteiger partial charge in [-0.15, -0.1) is 0 Å². The lowest BCUT2D eigenvalue weighted by Crippen LogP contribution is -2.24. The van der Waals surface area contributed by atoms with Crippen LogP contribution in [0.2, 0.25) is 0 Å². The van der Waals surface area contributed by atoms with Gasteiger partial charge in [0.05, 0.1) is 6.07 Å². The first-order valence-corrected chi connectivity index (χ1v) is 5.20. The zero-order chi connectivity index (χ0) is 10.7. The second-order valence-corrected chi connectivity index (χ2v) is 3.83. The van der Waals surface area contributed by atoms with Crippen molar-refractivity contribution in [2.45, 2.75) is 18.9 Å². The SMILES string of the molecule is N#CC(c1cccc(F)c1)N1CCCC1. The fourth-order valence-corrected chi connectivity index (χ4v) is 2.04. The second-order valence-electron chi connectivity index (χ2n) is 3.83. The number of benzene rings is 1. The highest BCUT2D eigenvalue weighted by Crippen LogP contribution is 2.24. The Morgan fingerprint density at radius 2 is 2.07 bits per heavy atom. The molecule has 0 saturated carbocycles. The number of hydrogen-bond acceptors (Lipinski definition) is 2. The molecule has 78 valence electrons. The van der Waals surface area contributed by atoms with Crippen molar-refractivity contribution < 1.29 is 4.39 Å². The van der Waals surface area contributed by atoms with Crippen molar-refractivity contribution in [1.82, 2.24) is 4.90 Å². The quantitative estimate of drug-likeness (QED) is 0.740. The van der Waals surface area contributed by atoms with Gasteiger partial charge in [0.15, 0.2) is 0 Å². The lowest BCUT2D eigenvalue weighted by atomic mass is 10.1. The average Bonchev–Trinajstić information content (AvgIpc) is 2.72. The van der Waals surface area contributed by atoms with Gasteiger partial charge in [-0.1, -0.05) is 12.1 Å². The summed E-state index contributed by atoms with van der Waals surface area (Å²) in [6.07, 6.45) is 2.26. The monoisotopic (exact) mass is 204 g/mol. The maximum Gasteiger partial charge on any atom is 0.123 e. The van der Waals surface area contributed by atoms with E-state index < -0.39 is 0 Å². The van der Waals surface area contributed by atoms with E-state index in [0.717, 1.165) is 31.5 Å². The van der Waals surface area contributed by atoms with Gasteiger partial charge in [-0.3, -0.25) is 4.90 Å². The number of nitrogens with zero attached hydrogens (tertiary/aromatic N) is 2. The Balaban J connectivity index is 2.23. The molecule has 1 saturated heterocycles. The molecule has 1 aliphatic heterocycles. The zero-order valence-electron chi connectivity index (χ0n) is 8.49. The van der Waals surface area contributed by atoms with E-state index in [-0.39, 0.29) is 11.9 Å². The minimum atomic E-state index is -0.289. The highest BCUT2D eigenvalue weighted by Gasteiger charge is 2.23. The van der Waals surface area contributed by atoms with Crippen LogP contribution in [0.25, 0.3) is 0 Å². The van der Waals surface area contributed by atoms with Gasteiger partial charge in [0.25, 0.3) is 0 Å². The first-order chi connectivity index (χ1) is 7.31. The molecule has 1 aliphatic rings. The highest BCUT2D eigenvalue weighted by atomic mass is 19.1. The van der Waals surface area contributed by atoms with E-state index in [2.05, 4.69) is 11.0 Å². The fraction of sp³-hybridized carbons (Fsp3) is 0.417. The van der Waals surface area contributed by atoms with E-state index in [9.17, 15) is 4.39 Å². The Morgan fingerprint density at radius 1 is 1.33 bits per heavy atom. The largest absolute Gasteiger partial charge is 0.284 e. The van der Waals surface area contributed by atoms with Crippen LogP contribution in [0.4, 0.5) is 4.39 Å². The molecule has 1 aromatic carbocycles. The van der Waals surface area contributed by atoms with Gasteiger partial charge in [0.2, 0.25) is 0 Å². The molecule has 2 nitrogen and oxygen atoms in total. The molecule has 0 aliphatic carbocycles. The summed E-state index contributed by atoms with van der Waals surface area (Å²) < 4.78 is 13.0. The summed E-state index contributed by atoms with van der Waals surface area (Å²) in [5.41, 5.74) is 0.763. The lowest BCUT2D eigenvalue weighted by Gasteiger charge is -2.21. The van der Waals surface area contributed by atoms with E-state index >= 15 is 0 Å². The molecule has 0 radical (unpaired) electrons. The van der Waals surface area contributed by atoms with Crippen LogP contribution in [0.15, 0.2) is 24.3 Å². The zero-order valence-corrected chi connectivity index (χ0v) is 8.49. The Hall–Kier alpha value is -1.40. The molecule has 2 rings (SSSR count). The van der Waals surface area contributed by atoms with Crippen molar-refractivity contribution in [3.63, 3.8) is 0 Å². The van der Waals surface area contributed by atoms with E-state index in [1.165, 1.54) is 12.1 Å². The molecule has 1 unspecified atom stereocenters. The van der Waals surface area contributed by atoms with Crippen LogP contribution < -0.4 is 0 Å². The van der Waals surface area contributed by atoms with Gasteiger partial charge >= 0.3 is 0 Å². The smallest absolute Gasteiger partial charge is 0.123 e. The van der Waals surface area contributed by atoms with Crippen LogP contribution in [0.3, 0.4) is 0 Å². The molecule has 0 spiro atoms. The second kappa shape index (κ2) is 4.41. The molecule has 15 heavy (non-hydrogen) atoms. The maximum absolute atomic E-state index is 13.0. The predicted molar refractivity (Wildman–Crippen MR) is 55.6 cm³/mol. The Bertz CT molecular complexity index is 377. The van der Waals surface area contributed by atoms with Crippen molar-refractivity contribution in [3.8, 4) is 6.07 Å². The molecule has 0 aromatic heterocycles. The topological polar surface area (TPSA) is 27.0 Å². The third-order valence-corrected chi connectivity index (χ3v) is 2.79. The van der Waals surface area contributed by atoms with Crippen molar-refractivity contribution >= 4 is 0 Å². The Labute approximate surface area is 88.9 Å². The van der Waals surface area contributed by atoms with Crippen LogP contribution in [-0.4, -0.2) is 18.0 Å². The number of rotatable bonds is 2. The lowest BCUT2D eigenvalue weighted by molar-refractivity contribution is 0.294.